The second kappa shape index (κ2) is 7.87. The smallest absolute Gasteiger partial charge is 0.331 e. The molecule has 0 aliphatic rings. The fourth-order valence-corrected chi connectivity index (χ4v) is 2.83. The van der Waals surface area contributed by atoms with Crippen LogP contribution in [0.4, 0.5) is 29.3 Å². The van der Waals surface area contributed by atoms with E-state index in [2.05, 4.69) is 15.4 Å². The van der Waals surface area contributed by atoms with E-state index in [9.17, 15) is 26.4 Å². The molecule has 0 aliphatic heterocycles. The van der Waals surface area contributed by atoms with Crippen LogP contribution in [0.25, 0.3) is 0 Å². The highest BCUT2D eigenvalue weighted by atomic mass is 32.2. The number of sulfonamides is 1. The second-order valence-corrected chi connectivity index (χ2v) is 7.64. The van der Waals surface area contributed by atoms with Crippen molar-refractivity contribution in [1.82, 2.24) is 5.32 Å². The zero-order valence-corrected chi connectivity index (χ0v) is 15.3. The van der Waals surface area contributed by atoms with Gasteiger partial charge >= 0.3 is 12.2 Å². The van der Waals surface area contributed by atoms with Crippen molar-refractivity contribution in [3.63, 3.8) is 0 Å². The average molecular weight is 401 g/mol. The van der Waals surface area contributed by atoms with Crippen molar-refractivity contribution in [3.05, 3.63) is 59.7 Å². The summed E-state index contributed by atoms with van der Waals surface area (Å²) in [6.45, 7) is 1.69. The first-order valence-corrected chi connectivity index (χ1v) is 9.66. The van der Waals surface area contributed by atoms with Crippen molar-refractivity contribution in [1.29, 1.82) is 0 Å². The molecule has 0 saturated carbocycles. The number of amides is 2. The zero-order valence-electron chi connectivity index (χ0n) is 14.5. The third-order valence-corrected chi connectivity index (χ3v) is 4.11. The van der Waals surface area contributed by atoms with Gasteiger partial charge in [0.15, 0.2) is 0 Å². The van der Waals surface area contributed by atoms with Crippen LogP contribution in [-0.4, -0.2) is 20.7 Å². The van der Waals surface area contributed by atoms with Gasteiger partial charge in [-0.05, 0) is 48.9 Å². The minimum Gasteiger partial charge on any atom is -0.331 e. The average Bonchev–Trinajstić information content (AvgIpc) is 2.53. The second-order valence-electron chi connectivity index (χ2n) is 5.89. The molecule has 0 bridgehead atoms. The molecule has 0 aliphatic carbocycles. The molecule has 2 rings (SSSR count). The highest BCUT2D eigenvalue weighted by Crippen LogP contribution is 2.29. The van der Waals surface area contributed by atoms with Crippen molar-refractivity contribution in [2.24, 2.45) is 0 Å². The van der Waals surface area contributed by atoms with E-state index in [-0.39, 0.29) is 5.69 Å². The maximum Gasteiger partial charge on any atom is 0.416 e. The van der Waals surface area contributed by atoms with Crippen LogP contribution in [0.2, 0.25) is 0 Å². The van der Waals surface area contributed by atoms with E-state index in [1.807, 2.05) is 0 Å². The van der Waals surface area contributed by atoms with Gasteiger partial charge in [0.2, 0.25) is 10.0 Å². The molecule has 1 unspecified atom stereocenters. The van der Waals surface area contributed by atoms with Gasteiger partial charge < -0.3 is 10.6 Å². The lowest BCUT2D eigenvalue weighted by Gasteiger charge is -2.16. The monoisotopic (exact) mass is 401 g/mol. The van der Waals surface area contributed by atoms with Gasteiger partial charge in [-0.2, -0.15) is 13.2 Å². The molecule has 146 valence electrons. The largest absolute Gasteiger partial charge is 0.416 e. The fourth-order valence-electron chi connectivity index (χ4n) is 2.28. The number of urea groups is 1. The molecule has 0 radical (unpaired) electrons. The number of hydrogen-bond donors (Lipinski definition) is 3. The standard InChI is InChI=1S/C17H18F3N3O3S/c1-11(12-4-3-5-15(10-12)23-27(2,25)26)21-16(24)22-14-8-6-13(7-9-14)17(18,19)20/h3-11,23H,1-2H3,(H2,21,22,24). The van der Waals surface area contributed by atoms with Gasteiger partial charge in [-0.3, -0.25) is 4.72 Å². The van der Waals surface area contributed by atoms with Crippen molar-refractivity contribution in [3.8, 4) is 0 Å². The van der Waals surface area contributed by atoms with Crippen LogP contribution < -0.4 is 15.4 Å². The van der Waals surface area contributed by atoms with Gasteiger partial charge in [-0.15, -0.1) is 0 Å². The lowest BCUT2D eigenvalue weighted by molar-refractivity contribution is -0.137. The number of rotatable bonds is 5. The van der Waals surface area contributed by atoms with E-state index in [1.54, 1.807) is 31.2 Å². The molecule has 1 atom stereocenters. The lowest BCUT2D eigenvalue weighted by Crippen LogP contribution is -2.31. The Morgan fingerprint density at radius 1 is 1.04 bits per heavy atom. The Morgan fingerprint density at radius 2 is 1.67 bits per heavy atom. The first-order valence-electron chi connectivity index (χ1n) is 7.76. The van der Waals surface area contributed by atoms with Crippen LogP contribution in [0.3, 0.4) is 0 Å². The Hall–Kier alpha value is -2.75. The summed E-state index contributed by atoms with van der Waals surface area (Å²) in [5, 5.41) is 5.08. The Morgan fingerprint density at radius 3 is 2.22 bits per heavy atom. The Bertz CT molecular complexity index is 913. The fraction of sp³-hybridized carbons (Fsp3) is 0.235. The van der Waals surface area contributed by atoms with Gasteiger partial charge in [-0.25, -0.2) is 13.2 Å². The van der Waals surface area contributed by atoms with E-state index in [1.165, 1.54) is 0 Å². The number of benzene rings is 2. The SMILES string of the molecule is CC(NC(=O)Nc1ccc(C(F)(F)F)cc1)c1cccc(NS(C)(=O)=O)c1. The van der Waals surface area contributed by atoms with Gasteiger partial charge in [0.25, 0.3) is 0 Å². The molecule has 2 amide bonds. The number of carbonyl (C=O) groups is 1. The van der Waals surface area contributed by atoms with Crippen molar-refractivity contribution in [2.75, 3.05) is 16.3 Å². The van der Waals surface area contributed by atoms with Crippen LogP contribution >= 0.6 is 0 Å². The van der Waals surface area contributed by atoms with Crippen LogP contribution in [0.5, 0.6) is 0 Å². The van der Waals surface area contributed by atoms with E-state index in [4.69, 9.17) is 0 Å². The quantitative estimate of drug-likeness (QED) is 0.709. The first-order chi connectivity index (χ1) is 12.4. The maximum atomic E-state index is 12.5. The Balaban J connectivity index is 2.00. The predicted octanol–water partition coefficient (Wildman–Crippen LogP) is 3.96. The number of alkyl halides is 3. The van der Waals surface area contributed by atoms with Crippen molar-refractivity contribution < 1.29 is 26.4 Å². The minimum atomic E-state index is -4.44. The Labute approximate surface area is 154 Å². The number of halogens is 3. The van der Waals surface area contributed by atoms with Crippen LogP contribution in [0, 0.1) is 0 Å². The maximum absolute atomic E-state index is 12.5. The zero-order chi connectivity index (χ0) is 20.2. The normalized spacial score (nSPS) is 12.9. The highest BCUT2D eigenvalue weighted by Gasteiger charge is 2.30. The van der Waals surface area contributed by atoms with Gasteiger partial charge in [0.1, 0.15) is 0 Å². The first kappa shape index (κ1) is 20.6. The minimum absolute atomic E-state index is 0.209. The van der Waals surface area contributed by atoms with Crippen LogP contribution in [0.15, 0.2) is 48.5 Å². The van der Waals surface area contributed by atoms with Gasteiger partial charge in [0.05, 0.1) is 17.9 Å². The summed E-state index contributed by atoms with van der Waals surface area (Å²) in [7, 11) is -3.43. The summed E-state index contributed by atoms with van der Waals surface area (Å²) in [5.74, 6) is 0. The number of hydrogen-bond acceptors (Lipinski definition) is 3. The summed E-state index contributed by atoms with van der Waals surface area (Å²) in [4.78, 5) is 12.0. The summed E-state index contributed by atoms with van der Waals surface area (Å²) in [6.07, 6.45) is -3.42. The van der Waals surface area contributed by atoms with Gasteiger partial charge in [0, 0.05) is 11.4 Å². The molecule has 0 heterocycles. The van der Waals surface area contributed by atoms with E-state index >= 15 is 0 Å². The summed E-state index contributed by atoms with van der Waals surface area (Å²) < 4.78 is 62.5. The molecule has 2 aromatic rings. The number of anilines is 2. The molecule has 3 N–H and O–H groups in total. The molecule has 0 aromatic heterocycles. The molecule has 0 spiro atoms. The van der Waals surface area contributed by atoms with E-state index in [0.29, 0.717) is 11.3 Å². The lowest BCUT2D eigenvalue weighted by atomic mass is 10.1. The number of nitrogens with one attached hydrogen (secondary N) is 3. The molecule has 10 heteroatoms. The molecule has 6 nitrogen and oxygen atoms in total. The molecular formula is C17H18F3N3O3S. The van der Waals surface area contributed by atoms with E-state index in [0.717, 1.165) is 30.5 Å². The molecule has 27 heavy (non-hydrogen) atoms. The molecule has 2 aromatic carbocycles. The van der Waals surface area contributed by atoms with Gasteiger partial charge in [-0.1, -0.05) is 12.1 Å². The predicted molar refractivity (Wildman–Crippen MR) is 96.9 cm³/mol. The van der Waals surface area contributed by atoms with Crippen molar-refractivity contribution in [2.45, 2.75) is 19.1 Å². The summed E-state index contributed by atoms with van der Waals surface area (Å²) in [5.41, 5.74) is 0.398. The molecule has 0 saturated heterocycles. The highest BCUT2D eigenvalue weighted by molar-refractivity contribution is 7.92. The number of carbonyl (C=O) groups excluding carboxylic acids is 1. The third-order valence-electron chi connectivity index (χ3n) is 3.51. The van der Waals surface area contributed by atoms with Crippen molar-refractivity contribution >= 4 is 27.4 Å². The molecular weight excluding hydrogens is 383 g/mol. The third kappa shape index (κ3) is 6.48. The summed E-state index contributed by atoms with van der Waals surface area (Å²) in [6, 6.07) is 9.46. The topological polar surface area (TPSA) is 87.3 Å². The van der Waals surface area contributed by atoms with E-state index < -0.39 is 33.8 Å². The van der Waals surface area contributed by atoms with Crippen LogP contribution in [0.1, 0.15) is 24.1 Å². The Kier molecular flexibility index (Phi) is 5.99. The van der Waals surface area contributed by atoms with Crippen LogP contribution in [-0.2, 0) is 16.2 Å². The summed E-state index contributed by atoms with van der Waals surface area (Å²) >= 11 is 0. The molecule has 0 fully saturated rings.